The van der Waals surface area contributed by atoms with Crippen LogP contribution < -0.4 is 4.74 Å². The van der Waals surface area contributed by atoms with Gasteiger partial charge in [0.2, 0.25) is 5.88 Å². The minimum atomic E-state index is 0.771. The van der Waals surface area contributed by atoms with E-state index in [9.17, 15) is 0 Å². The fourth-order valence-corrected chi connectivity index (χ4v) is 2.68. The summed E-state index contributed by atoms with van der Waals surface area (Å²) in [6, 6.07) is 1.93. The molecular formula is C13H20N2O. The molecule has 0 atom stereocenters. The summed E-state index contributed by atoms with van der Waals surface area (Å²) in [5.41, 5.74) is 0. The van der Waals surface area contributed by atoms with Crippen LogP contribution in [0.5, 0.6) is 5.88 Å². The SMILES string of the molecule is Cn1ccc(OCCC(C2CC2)C2CC2)n1. The molecule has 3 heteroatoms. The summed E-state index contributed by atoms with van der Waals surface area (Å²) < 4.78 is 7.47. The van der Waals surface area contributed by atoms with Gasteiger partial charge < -0.3 is 4.74 Å². The van der Waals surface area contributed by atoms with Crippen molar-refractivity contribution in [3.05, 3.63) is 12.3 Å². The fraction of sp³-hybridized carbons (Fsp3) is 0.769. The Kier molecular flexibility index (Phi) is 2.62. The third-order valence-electron chi connectivity index (χ3n) is 3.85. The molecule has 0 spiro atoms. The molecule has 2 aliphatic carbocycles. The lowest BCUT2D eigenvalue weighted by Gasteiger charge is -2.14. The summed E-state index contributed by atoms with van der Waals surface area (Å²) in [7, 11) is 1.92. The Bertz CT molecular complexity index is 341. The van der Waals surface area contributed by atoms with Gasteiger partial charge >= 0.3 is 0 Å². The average Bonchev–Trinajstić information content (AvgIpc) is 3.15. The van der Waals surface area contributed by atoms with E-state index in [2.05, 4.69) is 5.10 Å². The van der Waals surface area contributed by atoms with Crippen LogP contribution in [0.4, 0.5) is 0 Å². The molecule has 3 rings (SSSR count). The number of nitrogens with zero attached hydrogens (tertiary/aromatic N) is 2. The fourth-order valence-electron chi connectivity index (χ4n) is 2.68. The molecule has 0 unspecified atom stereocenters. The van der Waals surface area contributed by atoms with Gasteiger partial charge in [-0.3, -0.25) is 4.68 Å². The minimum absolute atomic E-state index is 0.771. The van der Waals surface area contributed by atoms with Crippen molar-refractivity contribution in [2.24, 2.45) is 24.8 Å². The molecular weight excluding hydrogens is 200 g/mol. The minimum Gasteiger partial charge on any atom is -0.477 e. The highest BCUT2D eigenvalue weighted by molar-refractivity contribution is 5.05. The van der Waals surface area contributed by atoms with Crippen molar-refractivity contribution in [3.63, 3.8) is 0 Å². The van der Waals surface area contributed by atoms with Crippen molar-refractivity contribution < 1.29 is 4.74 Å². The quantitative estimate of drug-likeness (QED) is 0.737. The van der Waals surface area contributed by atoms with Gasteiger partial charge in [-0.2, -0.15) is 0 Å². The molecule has 1 aromatic rings. The topological polar surface area (TPSA) is 27.1 Å². The Hall–Kier alpha value is -0.990. The van der Waals surface area contributed by atoms with E-state index in [-0.39, 0.29) is 0 Å². The zero-order valence-electron chi connectivity index (χ0n) is 9.93. The summed E-state index contributed by atoms with van der Waals surface area (Å²) >= 11 is 0. The monoisotopic (exact) mass is 220 g/mol. The first kappa shape index (κ1) is 10.2. The molecule has 16 heavy (non-hydrogen) atoms. The second kappa shape index (κ2) is 4.11. The van der Waals surface area contributed by atoms with Crippen LogP contribution in [0.3, 0.4) is 0 Å². The first-order valence-electron chi connectivity index (χ1n) is 6.45. The van der Waals surface area contributed by atoms with Gasteiger partial charge in [0.05, 0.1) is 6.61 Å². The van der Waals surface area contributed by atoms with E-state index in [1.807, 2.05) is 19.3 Å². The van der Waals surface area contributed by atoms with Gasteiger partial charge in [0.15, 0.2) is 0 Å². The third-order valence-corrected chi connectivity index (χ3v) is 3.85. The molecule has 2 aliphatic rings. The van der Waals surface area contributed by atoms with Gasteiger partial charge in [0, 0.05) is 19.3 Å². The van der Waals surface area contributed by atoms with Crippen LogP contribution in [0, 0.1) is 17.8 Å². The van der Waals surface area contributed by atoms with Crippen LogP contribution in [0.2, 0.25) is 0 Å². The maximum absolute atomic E-state index is 5.68. The molecule has 0 amide bonds. The van der Waals surface area contributed by atoms with E-state index in [0.29, 0.717) is 0 Å². The molecule has 3 nitrogen and oxygen atoms in total. The Morgan fingerprint density at radius 3 is 2.56 bits per heavy atom. The molecule has 0 aliphatic heterocycles. The zero-order chi connectivity index (χ0) is 11.0. The molecule has 0 aromatic carbocycles. The molecule has 0 radical (unpaired) electrons. The number of aromatic nitrogens is 2. The highest BCUT2D eigenvalue weighted by Crippen LogP contribution is 2.50. The standard InChI is InChI=1S/C13H20N2O/c1-15-8-6-13(14-15)16-9-7-12(10-2-3-10)11-4-5-11/h6,8,10-12H,2-5,7,9H2,1H3. The van der Waals surface area contributed by atoms with Crippen molar-refractivity contribution in [1.82, 2.24) is 9.78 Å². The number of ether oxygens (including phenoxy) is 1. The predicted molar refractivity (Wildman–Crippen MR) is 62.3 cm³/mol. The van der Waals surface area contributed by atoms with Crippen LogP contribution in [0.15, 0.2) is 12.3 Å². The molecule has 88 valence electrons. The summed E-state index contributed by atoms with van der Waals surface area (Å²) in [4.78, 5) is 0. The van der Waals surface area contributed by atoms with E-state index >= 15 is 0 Å². The lowest BCUT2D eigenvalue weighted by Crippen LogP contribution is -2.11. The van der Waals surface area contributed by atoms with Crippen LogP contribution in [0.1, 0.15) is 32.1 Å². The maximum Gasteiger partial charge on any atom is 0.232 e. The first-order chi connectivity index (χ1) is 7.83. The summed E-state index contributed by atoms with van der Waals surface area (Å²) in [5, 5.41) is 4.22. The van der Waals surface area contributed by atoms with Gasteiger partial charge in [0.25, 0.3) is 0 Å². The van der Waals surface area contributed by atoms with Crippen LogP contribution in [-0.4, -0.2) is 16.4 Å². The van der Waals surface area contributed by atoms with Crippen molar-refractivity contribution in [1.29, 1.82) is 0 Å². The normalized spacial score (nSPS) is 20.4. The van der Waals surface area contributed by atoms with Crippen LogP contribution in [0.25, 0.3) is 0 Å². The number of rotatable bonds is 6. The van der Waals surface area contributed by atoms with Crippen molar-refractivity contribution in [3.8, 4) is 5.88 Å². The van der Waals surface area contributed by atoms with Crippen molar-refractivity contribution in [2.45, 2.75) is 32.1 Å². The number of hydrogen-bond acceptors (Lipinski definition) is 2. The number of aryl methyl sites for hydroxylation is 1. The summed E-state index contributed by atoms with van der Waals surface area (Å²) in [6.45, 7) is 0.842. The van der Waals surface area contributed by atoms with Gasteiger partial charge in [-0.1, -0.05) is 0 Å². The van der Waals surface area contributed by atoms with Crippen molar-refractivity contribution >= 4 is 0 Å². The zero-order valence-corrected chi connectivity index (χ0v) is 9.93. The van der Waals surface area contributed by atoms with E-state index < -0.39 is 0 Å². The smallest absolute Gasteiger partial charge is 0.232 e. The van der Waals surface area contributed by atoms with Gasteiger partial charge in [-0.25, -0.2) is 0 Å². The Morgan fingerprint density at radius 1 is 1.38 bits per heavy atom. The molecule has 0 bridgehead atoms. The Morgan fingerprint density at radius 2 is 2.06 bits per heavy atom. The van der Waals surface area contributed by atoms with E-state index in [1.165, 1.54) is 32.1 Å². The highest BCUT2D eigenvalue weighted by Gasteiger charge is 2.40. The molecule has 1 aromatic heterocycles. The second-order valence-corrected chi connectivity index (χ2v) is 5.30. The lowest BCUT2D eigenvalue weighted by molar-refractivity contribution is 0.243. The first-order valence-corrected chi connectivity index (χ1v) is 6.45. The molecule has 1 heterocycles. The molecule has 2 saturated carbocycles. The van der Waals surface area contributed by atoms with Gasteiger partial charge in [0.1, 0.15) is 0 Å². The average molecular weight is 220 g/mol. The van der Waals surface area contributed by atoms with Gasteiger partial charge in [-0.15, -0.1) is 5.10 Å². The largest absolute Gasteiger partial charge is 0.477 e. The molecule has 2 fully saturated rings. The lowest BCUT2D eigenvalue weighted by atomic mass is 9.95. The Labute approximate surface area is 96.8 Å². The van der Waals surface area contributed by atoms with E-state index in [0.717, 1.165) is 30.2 Å². The third kappa shape index (κ3) is 2.39. The summed E-state index contributed by atoms with van der Waals surface area (Å²) in [5.74, 6) is 3.77. The molecule has 0 N–H and O–H groups in total. The summed E-state index contributed by atoms with van der Waals surface area (Å²) in [6.07, 6.45) is 9.01. The van der Waals surface area contributed by atoms with Crippen LogP contribution >= 0.6 is 0 Å². The highest BCUT2D eigenvalue weighted by atomic mass is 16.5. The predicted octanol–water partition coefficient (Wildman–Crippen LogP) is 2.63. The van der Waals surface area contributed by atoms with E-state index in [1.54, 1.807) is 4.68 Å². The Balaban J connectivity index is 1.44. The van der Waals surface area contributed by atoms with Crippen LogP contribution in [-0.2, 0) is 7.05 Å². The van der Waals surface area contributed by atoms with Gasteiger partial charge in [-0.05, 0) is 49.9 Å². The second-order valence-electron chi connectivity index (χ2n) is 5.30. The number of hydrogen-bond donors (Lipinski definition) is 0. The van der Waals surface area contributed by atoms with Crippen molar-refractivity contribution in [2.75, 3.05) is 6.61 Å². The molecule has 0 saturated heterocycles. The van der Waals surface area contributed by atoms with E-state index in [4.69, 9.17) is 4.74 Å². The maximum atomic E-state index is 5.68.